The fraction of sp³-hybridized carbons (Fsp3) is 0. The van der Waals surface area contributed by atoms with E-state index in [4.69, 9.17) is 19.2 Å². The highest BCUT2D eigenvalue weighted by Crippen LogP contribution is 1.67. The smallest absolute Gasteiger partial charge is 0.412 e. The van der Waals surface area contributed by atoms with Crippen molar-refractivity contribution in [2.45, 2.75) is 0 Å². The predicted octanol–water partition coefficient (Wildman–Crippen LogP) is -3.81. The molecule has 7 heteroatoms. The van der Waals surface area contributed by atoms with Crippen molar-refractivity contribution in [1.29, 1.82) is 0 Å². The molecule has 0 fully saturated rings. The van der Waals surface area contributed by atoms with Crippen LogP contribution in [0.15, 0.2) is 0 Å². The Morgan fingerprint density at radius 1 is 0.857 bits per heavy atom. The molecule has 0 heterocycles. The lowest BCUT2D eigenvalue weighted by Gasteiger charge is -1.91. The van der Waals surface area contributed by atoms with E-state index in [-0.39, 0.29) is 28.5 Å². The zero-order valence-corrected chi connectivity index (χ0v) is 5.91. The fourth-order valence-electron chi connectivity index (χ4n) is 0. The summed E-state index contributed by atoms with van der Waals surface area (Å²) in [6, 6.07) is 0. The molecule has 0 spiro atoms. The van der Waals surface area contributed by atoms with Crippen LogP contribution in [0.1, 0.15) is 0 Å². The summed E-state index contributed by atoms with van der Waals surface area (Å²) in [6.45, 7) is 0. The van der Waals surface area contributed by atoms with Gasteiger partial charge in [0.1, 0.15) is 0 Å². The lowest BCUT2D eigenvalue weighted by Crippen LogP contribution is -2.33. The van der Waals surface area contributed by atoms with Crippen molar-refractivity contribution in [3.8, 4) is 0 Å². The Labute approximate surface area is 57.2 Å². The minimum absolute atomic E-state index is 0. The van der Waals surface area contributed by atoms with Crippen molar-refractivity contribution < 1.29 is 24.7 Å². The van der Waals surface area contributed by atoms with Crippen LogP contribution in [-0.4, -0.2) is 56.8 Å². The maximum atomic E-state index is 7.33. The van der Waals surface area contributed by atoms with Crippen LogP contribution >= 0.6 is 0 Å². The molecular formula is H6MgO5Si. The summed E-state index contributed by atoms with van der Waals surface area (Å²) in [5.74, 6) is 0. The topological polar surface area (TPSA) is 112 Å². The summed E-state index contributed by atoms with van der Waals surface area (Å²) in [5, 5.41) is 0. The van der Waals surface area contributed by atoms with E-state index >= 15 is 0 Å². The molecule has 0 aromatic carbocycles. The monoisotopic (exact) mass is 138 g/mol. The summed E-state index contributed by atoms with van der Waals surface area (Å²) >= 11 is 0. The van der Waals surface area contributed by atoms with Crippen molar-refractivity contribution in [3.05, 3.63) is 0 Å². The second-order valence-electron chi connectivity index (χ2n) is 0.600. The van der Waals surface area contributed by atoms with Crippen LogP contribution in [0.3, 0.4) is 0 Å². The Hall–Kier alpha value is 0.783. The molecule has 0 saturated carbocycles. The SMILES string of the molecule is O.O[Si](O)(O)O.[Mg]. The Balaban J connectivity index is -0.0000000800. The quantitative estimate of drug-likeness (QED) is 0.257. The van der Waals surface area contributed by atoms with Crippen LogP contribution in [0.25, 0.3) is 0 Å². The minimum Gasteiger partial charge on any atom is -0.412 e. The lowest BCUT2D eigenvalue weighted by molar-refractivity contribution is 0.117. The highest BCUT2D eigenvalue weighted by molar-refractivity contribution is 6.46. The third-order valence-electron chi connectivity index (χ3n) is 0. The maximum Gasteiger partial charge on any atom is 0.668 e. The van der Waals surface area contributed by atoms with E-state index in [9.17, 15) is 0 Å². The van der Waals surface area contributed by atoms with E-state index in [1.54, 1.807) is 0 Å². The summed E-state index contributed by atoms with van der Waals surface area (Å²) in [4.78, 5) is 29.3. The van der Waals surface area contributed by atoms with E-state index in [0.717, 1.165) is 0 Å². The van der Waals surface area contributed by atoms with E-state index in [0.29, 0.717) is 0 Å². The molecule has 0 aliphatic heterocycles. The van der Waals surface area contributed by atoms with Gasteiger partial charge in [-0.25, -0.2) is 0 Å². The zero-order valence-electron chi connectivity index (χ0n) is 3.50. The molecule has 2 radical (unpaired) electrons. The molecule has 0 aliphatic rings. The zero-order chi connectivity index (χ0) is 4.50. The van der Waals surface area contributed by atoms with Crippen LogP contribution in [0.5, 0.6) is 0 Å². The third kappa shape index (κ3) is 253. The molecule has 42 valence electrons. The van der Waals surface area contributed by atoms with Gasteiger partial charge in [-0.05, 0) is 0 Å². The average Bonchev–Trinajstić information content (AvgIpc) is 0.722. The summed E-state index contributed by atoms with van der Waals surface area (Å²) in [6.07, 6.45) is 0. The molecule has 0 bridgehead atoms. The number of hydrogen-bond acceptors (Lipinski definition) is 4. The van der Waals surface area contributed by atoms with Crippen molar-refractivity contribution >= 4 is 32.1 Å². The molecule has 0 atom stereocenters. The van der Waals surface area contributed by atoms with Crippen LogP contribution < -0.4 is 0 Å². The molecule has 0 amide bonds. The summed E-state index contributed by atoms with van der Waals surface area (Å²) in [5.41, 5.74) is 0. The average molecular weight is 138 g/mol. The Kier molecular flexibility index (Phi) is 11.0. The van der Waals surface area contributed by atoms with Crippen LogP contribution in [0.4, 0.5) is 0 Å². The van der Waals surface area contributed by atoms with Gasteiger partial charge < -0.3 is 24.7 Å². The van der Waals surface area contributed by atoms with Gasteiger partial charge in [-0.2, -0.15) is 0 Å². The lowest BCUT2D eigenvalue weighted by atomic mass is 15.7. The largest absolute Gasteiger partial charge is 0.668 e. The second kappa shape index (κ2) is 4.93. The Morgan fingerprint density at radius 2 is 0.857 bits per heavy atom. The van der Waals surface area contributed by atoms with Crippen LogP contribution in [0, 0.1) is 0 Å². The standard InChI is InChI=1S/Mg.H4O4Si.H2O/c;1-5(2,3)4;/h;1-4H;1H2. The molecule has 0 rings (SSSR count). The van der Waals surface area contributed by atoms with Crippen molar-refractivity contribution in [2.75, 3.05) is 0 Å². The molecule has 0 aliphatic carbocycles. The van der Waals surface area contributed by atoms with Crippen molar-refractivity contribution in [3.63, 3.8) is 0 Å². The van der Waals surface area contributed by atoms with Gasteiger partial charge in [0.2, 0.25) is 0 Å². The van der Waals surface area contributed by atoms with Gasteiger partial charge in [0, 0.05) is 23.1 Å². The van der Waals surface area contributed by atoms with E-state index < -0.39 is 9.05 Å². The summed E-state index contributed by atoms with van der Waals surface area (Å²) < 4.78 is 0. The molecule has 7 heavy (non-hydrogen) atoms. The maximum absolute atomic E-state index is 7.33. The van der Waals surface area contributed by atoms with Gasteiger partial charge >= 0.3 is 9.05 Å². The third-order valence-corrected chi connectivity index (χ3v) is 0. The van der Waals surface area contributed by atoms with E-state index in [1.807, 2.05) is 0 Å². The number of rotatable bonds is 0. The highest BCUT2D eigenvalue weighted by Gasteiger charge is 2.22. The number of hydrogen-bond donors (Lipinski definition) is 4. The van der Waals surface area contributed by atoms with E-state index in [1.165, 1.54) is 0 Å². The Morgan fingerprint density at radius 3 is 0.857 bits per heavy atom. The molecule has 6 N–H and O–H groups in total. The van der Waals surface area contributed by atoms with Gasteiger partial charge in [0.15, 0.2) is 0 Å². The normalized spacial score (nSPS) is 8.57. The highest BCUT2D eigenvalue weighted by atomic mass is 28.4. The Bertz CT molecular complexity index is 23.6. The van der Waals surface area contributed by atoms with Crippen molar-refractivity contribution in [2.24, 2.45) is 0 Å². The first-order valence-corrected chi connectivity index (χ1v) is 2.68. The van der Waals surface area contributed by atoms with Gasteiger partial charge in [-0.1, -0.05) is 0 Å². The second-order valence-corrected chi connectivity index (χ2v) is 1.80. The van der Waals surface area contributed by atoms with Gasteiger partial charge in [-0.15, -0.1) is 0 Å². The minimum atomic E-state index is -4.61. The summed E-state index contributed by atoms with van der Waals surface area (Å²) in [7, 11) is -4.61. The first-order valence-electron chi connectivity index (χ1n) is 0.894. The van der Waals surface area contributed by atoms with Crippen molar-refractivity contribution in [1.82, 2.24) is 0 Å². The molecule has 0 unspecified atom stereocenters. The molecule has 0 aromatic heterocycles. The van der Waals surface area contributed by atoms with E-state index in [2.05, 4.69) is 0 Å². The molecule has 0 saturated heterocycles. The molecule has 5 nitrogen and oxygen atoms in total. The van der Waals surface area contributed by atoms with Crippen LogP contribution in [-0.2, 0) is 0 Å². The fourth-order valence-corrected chi connectivity index (χ4v) is 0. The van der Waals surface area contributed by atoms with Gasteiger partial charge in [0.05, 0.1) is 0 Å². The first kappa shape index (κ1) is 15.7. The predicted molar refractivity (Wildman–Crippen MR) is 24.0 cm³/mol. The first-order chi connectivity index (χ1) is 2.00. The molecular weight excluding hydrogens is 132 g/mol. The molecule has 0 aromatic rings. The van der Waals surface area contributed by atoms with Gasteiger partial charge in [0.25, 0.3) is 0 Å². The van der Waals surface area contributed by atoms with Gasteiger partial charge in [-0.3, -0.25) is 0 Å². The van der Waals surface area contributed by atoms with Crippen LogP contribution in [0.2, 0.25) is 0 Å².